The summed E-state index contributed by atoms with van der Waals surface area (Å²) in [6.07, 6.45) is 17.3. The summed E-state index contributed by atoms with van der Waals surface area (Å²) in [5.74, 6) is 8.03. The zero-order valence-corrected chi connectivity index (χ0v) is 17.8. The van der Waals surface area contributed by atoms with Crippen molar-refractivity contribution in [2.24, 2.45) is 47.3 Å². The zero-order valence-electron chi connectivity index (χ0n) is 17.8. The molecule has 0 N–H and O–H groups in total. The molecule has 2 saturated carbocycles. The second-order valence-corrected chi connectivity index (χ2v) is 10.2. The fourth-order valence-corrected chi connectivity index (χ4v) is 7.31. The summed E-state index contributed by atoms with van der Waals surface area (Å²) in [5, 5.41) is 0. The van der Waals surface area contributed by atoms with Gasteiger partial charge >= 0.3 is 0 Å². The van der Waals surface area contributed by atoms with Gasteiger partial charge in [0.05, 0.1) is 0 Å². The van der Waals surface area contributed by atoms with Crippen LogP contribution < -0.4 is 0 Å². The van der Waals surface area contributed by atoms with E-state index in [1.54, 1.807) is 24.8 Å². The molecule has 0 bridgehead atoms. The van der Waals surface area contributed by atoms with Gasteiger partial charge in [0.15, 0.2) is 0 Å². The first kappa shape index (κ1) is 19.5. The van der Waals surface area contributed by atoms with Crippen LogP contribution in [-0.2, 0) is 0 Å². The van der Waals surface area contributed by atoms with E-state index >= 15 is 0 Å². The topological polar surface area (TPSA) is 0 Å². The van der Waals surface area contributed by atoms with Crippen LogP contribution in [0, 0.1) is 47.3 Å². The number of allylic oxidation sites excluding steroid dienone is 2. The smallest absolute Gasteiger partial charge is 0.0175 e. The van der Waals surface area contributed by atoms with Crippen LogP contribution >= 0.6 is 0 Å². The fourth-order valence-electron chi connectivity index (χ4n) is 7.31. The van der Waals surface area contributed by atoms with E-state index in [9.17, 15) is 0 Å². The Bertz CT molecular complexity index is 445. The van der Waals surface area contributed by atoms with E-state index in [0.29, 0.717) is 0 Å². The van der Waals surface area contributed by atoms with E-state index in [1.807, 2.05) is 0 Å². The highest BCUT2D eigenvalue weighted by Gasteiger charge is 2.49. The van der Waals surface area contributed by atoms with Crippen LogP contribution in [0.1, 0.15) is 98.8 Å². The highest BCUT2D eigenvalue weighted by atomic mass is 14.5. The summed E-state index contributed by atoms with van der Waals surface area (Å²) in [6.45, 7) is 12.2. The molecular weight excluding hydrogens is 300 g/mol. The summed E-state index contributed by atoms with van der Waals surface area (Å²) >= 11 is 0. The highest BCUT2D eigenvalue weighted by Crippen LogP contribution is 2.58. The molecule has 0 aromatic rings. The number of fused-ring (bicyclic) bond motifs is 3. The van der Waals surface area contributed by atoms with Gasteiger partial charge in [-0.15, -0.1) is 0 Å². The molecule has 0 amide bonds. The summed E-state index contributed by atoms with van der Waals surface area (Å²) in [4.78, 5) is 0. The lowest BCUT2D eigenvalue weighted by atomic mass is 9.57. The minimum Gasteiger partial charge on any atom is -0.0848 e. The van der Waals surface area contributed by atoms with E-state index in [4.69, 9.17) is 0 Å². The van der Waals surface area contributed by atoms with Gasteiger partial charge < -0.3 is 0 Å². The maximum absolute atomic E-state index is 2.68. The molecule has 0 nitrogen and oxygen atoms in total. The third-order valence-electron chi connectivity index (χ3n) is 8.53. The third-order valence-corrected chi connectivity index (χ3v) is 8.53. The zero-order chi connectivity index (χ0) is 18.0. The Hall–Kier alpha value is -0.260. The molecule has 3 aliphatic carbocycles. The van der Waals surface area contributed by atoms with Crippen LogP contribution in [0.4, 0.5) is 0 Å². The highest BCUT2D eigenvalue weighted by molar-refractivity contribution is 5.15. The molecule has 3 unspecified atom stereocenters. The maximum atomic E-state index is 2.68. The summed E-state index contributed by atoms with van der Waals surface area (Å²) in [7, 11) is 0. The van der Waals surface area contributed by atoms with Crippen molar-refractivity contribution >= 4 is 0 Å². The Balaban J connectivity index is 1.63. The predicted molar refractivity (Wildman–Crippen MR) is 111 cm³/mol. The molecule has 0 aromatic carbocycles. The minimum atomic E-state index is 0.881. The first-order valence-corrected chi connectivity index (χ1v) is 11.8. The second-order valence-electron chi connectivity index (χ2n) is 10.2. The van der Waals surface area contributed by atoms with Gasteiger partial charge in [0, 0.05) is 0 Å². The molecule has 0 heteroatoms. The normalized spacial score (nSPS) is 39.0. The molecule has 0 aliphatic heterocycles. The molecule has 0 radical (unpaired) electrons. The Morgan fingerprint density at radius 3 is 2.28 bits per heavy atom. The minimum absolute atomic E-state index is 0.881. The van der Waals surface area contributed by atoms with Crippen molar-refractivity contribution < 1.29 is 0 Å². The average molecular weight is 345 g/mol. The molecule has 25 heavy (non-hydrogen) atoms. The Labute approximate surface area is 158 Å². The Kier molecular flexibility index (Phi) is 6.72. The first-order chi connectivity index (χ1) is 12.1. The number of rotatable bonds is 7. The van der Waals surface area contributed by atoms with Crippen molar-refractivity contribution in [2.75, 3.05) is 0 Å². The van der Waals surface area contributed by atoms with E-state index < -0.39 is 0 Å². The van der Waals surface area contributed by atoms with E-state index in [0.717, 1.165) is 47.3 Å². The third kappa shape index (κ3) is 4.03. The van der Waals surface area contributed by atoms with E-state index in [1.165, 1.54) is 44.9 Å². The van der Waals surface area contributed by atoms with Gasteiger partial charge in [0.1, 0.15) is 0 Å². The van der Waals surface area contributed by atoms with Crippen LogP contribution in [0.2, 0.25) is 0 Å². The molecule has 0 aromatic heterocycles. The Morgan fingerprint density at radius 2 is 1.60 bits per heavy atom. The number of hydrogen-bond acceptors (Lipinski definition) is 0. The van der Waals surface area contributed by atoms with Crippen molar-refractivity contribution in [3.8, 4) is 0 Å². The van der Waals surface area contributed by atoms with Crippen LogP contribution in [0.25, 0.3) is 0 Å². The first-order valence-electron chi connectivity index (χ1n) is 11.8. The van der Waals surface area contributed by atoms with Crippen LogP contribution in [-0.4, -0.2) is 0 Å². The van der Waals surface area contributed by atoms with Crippen molar-refractivity contribution in [1.82, 2.24) is 0 Å². The van der Waals surface area contributed by atoms with Gasteiger partial charge in [-0.25, -0.2) is 0 Å². The van der Waals surface area contributed by atoms with Crippen molar-refractivity contribution in [3.05, 3.63) is 11.6 Å². The van der Waals surface area contributed by atoms with Gasteiger partial charge in [-0.2, -0.15) is 0 Å². The summed E-state index contributed by atoms with van der Waals surface area (Å²) in [6, 6.07) is 0. The van der Waals surface area contributed by atoms with Crippen LogP contribution in [0.5, 0.6) is 0 Å². The standard InChI is InChI=1S/C25H44/c1-6-19-11-12-24-22(20(19)7-2)15-16-23-21(13-14-25(23)24)18(5)10-8-9-17(3)4/h11,17-18,20-25H,6-10,12-16H2,1-5H3/t18-,20?,21-,22-,23?,24?,25-/m1/s1. The van der Waals surface area contributed by atoms with E-state index in [2.05, 4.69) is 40.7 Å². The Morgan fingerprint density at radius 1 is 0.880 bits per heavy atom. The van der Waals surface area contributed by atoms with E-state index in [-0.39, 0.29) is 0 Å². The van der Waals surface area contributed by atoms with Gasteiger partial charge in [-0.1, -0.05) is 65.5 Å². The second kappa shape index (κ2) is 8.62. The molecular formula is C25H44. The predicted octanol–water partition coefficient (Wildman–Crippen LogP) is 7.88. The molecule has 7 atom stereocenters. The fraction of sp³-hybridized carbons (Fsp3) is 0.920. The van der Waals surface area contributed by atoms with Gasteiger partial charge in [-0.3, -0.25) is 0 Å². The molecule has 2 fully saturated rings. The van der Waals surface area contributed by atoms with Gasteiger partial charge in [-0.05, 0) is 92.3 Å². The molecule has 0 spiro atoms. The average Bonchev–Trinajstić information content (AvgIpc) is 3.04. The molecule has 144 valence electrons. The van der Waals surface area contributed by atoms with Crippen molar-refractivity contribution in [3.63, 3.8) is 0 Å². The monoisotopic (exact) mass is 344 g/mol. The lowest BCUT2D eigenvalue weighted by Gasteiger charge is -2.48. The molecule has 0 heterocycles. The maximum Gasteiger partial charge on any atom is -0.0175 e. The van der Waals surface area contributed by atoms with Crippen molar-refractivity contribution in [1.29, 1.82) is 0 Å². The lowest BCUT2D eigenvalue weighted by molar-refractivity contribution is 0.0469. The van der Waals surface area contributed by atoms with Crippen LogP contribution in [0.15, 0.2) is 11.6 Å². The quantitative estimate of drug-likeness (QED) is 0.412. The van der Waals surface area contributed by atoms with Gasteiger partial charge in [0.25, 0.3) is 0 Å². The summed E-state index contributed by atoms with van der Waals surface area (Å²) < 4.78 is 0. The summed E-state index contributed by atoms with van der Waals surface area (Å²) in [5.41, 5.74) is 1.80. The lowest BCUT2D eigenvalue weighted by Crippen LogP contribution is -2.40. The molecule has 3 rings (SSSR count). The van der Waals surface area contributed by atoms with Gasteiger partial charge in [0.2, 0.25) is 0 Å². The number of hydrogen-bond donors (Lipinski definition) is 0. The molecule has 0 saturated heterocycles. The largest absolute Gasteiger partial charge is 0.0848 e. The van der Waals surface area contributed by atoms with Crippen molar-refractivity contribution in [2.45, 2.75) is 98.8 Å². The van der Waals surface area contributed by atoms with Crippen LogP contribution in [0.3, 0.4) is 0 Å². The SMILES string of the molecule is CCC1=CCC2[C@H](CCC3[C@H]2CC[C@@H]3[C@H](C)CCCC(C)C)C1CC. The molecule has 3 aliphatic rings.